The van der Waals surface area contributed by atoms with Gasteiger partial charge in [0, 0.05) is 10.0 Å². The highest BCUT2D eigenvalue weighted by Gasteiger charge is 2.25. The van der Waals surface area contributed by atoms with Crippen molar-refractivity contribution in [2.24, 2.45) is 0 Å². The van der Waals surface area contributed by atoms with Crippen molar-refractivity contribution < 1.29 is 0 Å². The molecular weight excluding hydrogens is 539 g/mol. The Morgan fingerprint density at radius 1 is 0.561 bits per heavy atom. The zero-order valence-corrected chi connectivity index (χ0v) is 23.6. The fraction of sp³-hybridized carbons (Fsp3) is 0.0256. The van der Waals surface area contributed by atoms with Crippen molar-refractivity contribution in [3.8, 4) is 11.1 Å². The van der Waals surface area contributed by atoms with Gasteiger partial charge in [0.25, 0.3) is 0 Å². The van der Waals surface area contributed by atoms with Gasteiger partial charge in [-0.1, -0.05) is 126 Å². The van der Waals surface area contributed by atoms with Crippen molar-refractivity contribution >= 4 is 62.0 Å². The summed E-state index contributed by atoms with van der Waals surface area (Å²) in [6, 6.07) is 38.3. The highest BCUT2D eigenvalue weighted by atomic mass is 35.5. The maximum Gasteiger partial charge on any atom is 0.0406 e. The summed E-state index contributed by atoms with van der Waals surface area (Å²) in [6.45, 7) is 0. The lowest BCUT2D eigenvalue weighted by atomic mass is 9.84. The van der Waals surface area contributed by atoms with E-state index in [9.17, 15) is 0 Å². The molecule has 0 bridgehead atoms. The molecule has 0 unspecified atom stereocenters. The van der Waals surface area contributed by atoms with E-state index in [2.05, 4.69) is 109 Å². The molecule has 6 aromatic carbocycles. The minimum atomic E-state index is 0.720. The first-order valence-electron chi connectivity index (χ1n) is 13.8. The summed E-state index contributed by atoms with van der Waals surface area (Å²) >= 11 is 12.7. The Bertz CT molecular complexity index is 2170. The van der Waals surface area contributed by atoms with Crippen molar-refractivity contribution in [2.45, 2.75) is 6.42 Å². The number of hydrogen-bond donors (Lipinski definition) is 0. The van der Waals surface area contributed by atoms with Gasteiger partial charge in [-0.05, 0) is 113 Å². The second kappa shape index (κ2) is 9.63. The molecule has 2 heteroatoms. The molecule has 0 atom stereocenters. The molecule has 8 rings (SSSR count). The van der Waals surface area contributed by atoms with E-state index in [4.69, 9.17) is 23.2 Å². The van der Waals surface area contributed by atoms with Crippen molar-refractivity contribution in [1.82, 2.24) is 0 Å². The minimum Gasteiger partial charge on any atom is -0.0843 e. The third-order valence-corrected chi connectivity index (χ3v) is 8.78. The van der Waals surface area contributed by atoms with Crippen LogP contribution in [0.1, 0.15) is 28.7 Å². The Balaban J connectivity index is 1.57. The molecule has 2 aliphatic rings. The lowest BCUT2D eigenvalue weighted by Crippen LogP contribution is -2.20. The van der Waals surface area contributed by atoms with Crippen LogP contribution in [0.25, 0.3) is 49.9 Å². The number of halogens is 2. The molecule has 0 spiro atoms. The van der Waals surface area contributed by atoms with Crippen LogP contribution < -0.4 is 10.4 Å². The Hall–Kier alpha value is -4.36. The van der Waals surface area contributed by atoms with E-state index in [0.717, 1.165) is 38.4 Å². The second-order valence-corrected chi connectivity index (χ2v) is 11.5. The molecule has 0 heterocycles. The lowest BCUT2D eigenvalue weighted by molar-refractivity contribution is 1.38. The molecule has 2 aliphatic carbocycles. The highest BCUT2D eigenvalue weighted by Crippen LogP contribution is 2.43. The van der Waals surface area contributed by atoms with Crippen LogP contribution >= 0.6 is 23.2 Å². The van der Waals surface area contributed by atoms with E-state index >= 15 is 0 Å². The lowest BCUT2D eigenvalue weighted by Gasteiger charge is -2.18. The van der Waals surface area contributed by atoms with Crippen molar-refractivity contribution in [3.63, 3.8) is 0 Å². The van der Waals surface area contributed by atoms with Crippen LogP contribution in [-0.2, 0) is 0 Å². The quantitative estimate of drug-likeness (QED) is 0.188. The molecule has 0 aromatic heterocycles. The van der Waals surface area contributed by atoms with Crippen LogP contribution in [0.5, 0.6) is 0 Å². The van der Waals surface area contributed by atoms with Gasteiger partial charge in [-0.25, -0.2) is 0 Å². The Kier molecular flexibility index (Phi) is 5.74. The molecule has 0 nitrogen and oxygen atoms in total. The maximum atomic E-state index is 6.35. The summed E-state index contributed by atoms with van der Waals surface area (Å²) in [4.78, 5) is 0. The van der Waals surface area contributed by atoms with Crippen molar-refractivity contribution in [3.05, 3.63) is 170 Å². The Morgan fingerprint density at radius 3 is 1.76 bits per heavy atom. The van der Waals surface area contributed by atoms with Crippen molar-refractivity contribution in [1.29, 1.82) is 0 Å². The second-order valence-electron chi connectivity index (χ2n) is 10.6. The topological polar surface area (TPSA) is 0 Å². The number of allylic oxidation sites excluding steroid dienone is 4. The fourth-order valence-electron chi connectivity index (χ4n) is 6.52. The minimum absolute atomic E-state index is 0.720. The summed E-state index contributed by atoms with van der Waals surface area (Å²) in [6.07, 6.45) is 11.4. The van der Waals surface area contributed by atoms with Crippen LogP contribution in [0, 0.1) is 0 Å². The zero-order valence-electron chi connectivity index (χ0n) is 22.1. The van der Waals surface area contributed by atoms with Gasteiger partial charge in [-0.3, -0.25) is 0 Å². The molecule has 6 aromatic rings. The first-order valence-corrected chi connectivity index (χ1v) is 14.6. The van der Waals surface area contributed by atoms with Crippen LogP contribution in [0.3, 0.4) is 0 Å². The Morgan fingerprint density at radius 2 is 1.15 bits per heavy atom. The normalized spacial score (nSPS) is 13.3. The van der Waals surface area contributed by atoms with Gasteiger partial charge < -0.3 is 0 Å². The van der Waals surface area contributed by atoms with Gasteiger partial charge in [0.2, 0.25) is 0 Å². The van der Waals surface area contributed by atoms with Crippen LogP contribution in [0.4, 0.5) is 0 Å². The number of hydrogen-bond acceptors (Lipinski definition) is 0. The first-order chi connectivity index (χ1) is 20.2. The molecule has 0 fully saturated rings. The molecule has 0 saturated heterocycles. The zero-order chi connectivity index (χ0) is 27.5. The first kappa shape index (κ1) is 24.4. The van der Waals surface area contributed by atoms with Crippen molar-refractivity contribution in [2.75, 3.05) is 0 Å². The van der Waals surface area contributed by atoms with Crippen LogP contribution in [0.2, 0.25) is 10.0 Å². The summed E-state index contributed by atoms with van der Waals surface area (Å²) < 4.78 is 0. The van der Waals surface area contributed by atoms with Gasteiger partial charge >= 0.3 is 0 Å². The maximum absolute atomic E-state index is 6.35. The van der Waals surface area contributed by atoms with Gasteiger partial charge in [-0.15, -0.1) is 0 Å². The third-order valence-electron chi connectivity index (χ3n) is 8.28. The van der Waals surface area contributed by atoms with E-state index in [0.29, 0.717) is 0 Å². The van der Waals surface area contributed by atoms with Crippen LogP contribution in [-0.4, -0.2) is 0 Å². The number of benzene rings is 6. The van der Waals surface area contributed by atoms with Gasteiger partial charge in [0.05, 0.1) is 0 Å². The summed E-state index contributed by atoms with van der Waals surface area (Å²) in [7, 11) is 0. The monoisotopic (exact) mass is 561 g/mol. The molecule has 0 N–H and O–H groups in total. The molecule has 41 heavy (non-hydrogen) atoms. The standard InChI is InChI=1S/C39H23Cl2/c40-28-18-13-25(14-19-28)36(26-15-20-29(41)21-16-26)34-22-17-27-23-35-32-11-4-3-9-30(32)31-10-5-6-12-33(31)39(35)38(27)37(34)24-7-1-2-8-24/h1-7,9-22H,8H2. The summed E-state index contributed by atoms with van der Waals surface area (Å²) in [5, 5.41) is 8.80. The third kappa shape index (κ3) is 3.90. The molecule has 1 radical (unpaired) electrons. The predicted octanol–water partition coefficient (Wildman–Crippen LogP) is 9.58. The predicted molar refractivity (Wildman–Crippen MR) is 175 cm³/mol. The van der Waals surface area contributed by atoms with E-state index in [-0.39, 0.29) is 0 Å². The van der Waals surface area contributed by atoms with E-state index in [1.165, 1.54) is 54.6 Å². The smallest absolute Gasteiger partial charge is 0.0406 e. The number of rotatable bonds is 3. The molecule has 0 amide bonds. The average Bonchev–Trinajstić information content (AvgIpc) is 3.68. The molecule has 193 valence electrons. The van der Waals surface area contributed by atoms with Gasteiger partial charge in [0.15, 0.2) is 0 Å². The fourth-order valence-corrected chi connectivity index (χ4v) is 6.77. The average molecular weight is 563 g/mol. The largest absolute Gasteiger partial charge is 0.0843 e. The van der Waals surface area contributed by atoms with Gasteiger partial charge in [0.1, 0.15) is 0 Å². The number of fused-ring (bicyclic) bond motifs is 8. The SMILES string of the molecule is Clc1ccc(C(c2ccc(Cl)cc2)=c2ccc3c(c2C2=CC=CC2)-c2c(c4ccccc4c4ccccc24)[C]=3)cc1. The molecule has 0 aliphatic heterocycles. The summed E-state index contributed by atoms with van der Waals surface area (Å²) in [5.74, 6) is 0. The van der Waals surface area contributed by atoms with E-state index in [1.807, 2.05) is 24.3 Å². The highest BCUT2D eigenvalue weighted by molar-refractivity contribution is 6.31. The van der Waals surface area contributed by atoms with E-state index < -0.39 is 0 Å². The Labute approximate surface area is 248 Å². The van der Waals surface area contributed by atoms with E-state index in [1.54, 1.807) is 0 Å². The molecular formula is C39H23Cl2. The van der Waals surface area contributed by atoms with Crippen LogP contribution in [0.15, 0.2) is 127 Å². The molecule has 0 saturated carbocycles. The summed E-state index contributed by atoms with van der Waals surface area (Å²) in [5.41, 5.74) is 9.66. The van der Waals surface area contributed by atoms with Gasteiger partial charge in [-0.2, -0.15) is 0 Å².